The molecule has 0 aliphatic carbocycles. The van der Waals surface area contributed by atoms with E-state index in [1.807, 2.05) is 35.7 Å². The fourth-order valence-electron chi connectivity index (χ4n) is 2.81. The minimum atomic E-state index is -0.710. The number of hydrogen-bond acceptors (Lipinski definition) is 7. The summed E-state index contributed by atoms with van der Waals surface area (Å²) in [5.74, 6) is -0.0280. The largest absolute Gasteiger partial charge is 0.376 e. The number of rotatable bonds is 6. The Balaban J connectivity index is 1.53. The van der Waals surface area contributed by atoms with Gasteiger partial charge in [0.25, 0.3) is 0 Å². The highest BCUT2D eigenvalue weighted by Crippen LogP contribution is 2.24. The first-order chi connectivity index (χ1) is 13.6. The van der Waals surface area contributed by atoms with Gasteiger partial charge in [0.2, 0.25) is 5.82 Å². The molecule has 0 aliphatic heterocycles. The first-order valence-corrected chi connectivity index (χ1v) is 9.41. The van der Waals surface area contributed by atoms with Gasteiger partial charge >= 0.3 is 11.2 Å². The Kier molecular flexibility index (Phi) is 4.81. The lowest BCUT2D eigenvalue weighted by molar-refractivity contribution is -0.385. The topological polar surface area (TPSA) is 102 Å². The first-order valence-electron chi connectivity index (χ1n) is 8.53. The van der Waals surface area contributed by atoms with E-state index >= 15 is 0 Å². The molecule has 0 fully saturated rings. The summed E-state index contributed by atoms with van der Waals surface area (Å²) >= 11 is 1.55. The van der Waals surface area contributed by atoms with Crippen LogP contribution in [0.4, 0.5) is 11.5 Å². The molecule has 9 heteroatoms. The van der Waals surface area contributed by atoms with E-state index in [1.54, 1.807) is 29.5 Å². The Hall–Kier alpha value is -3.59. The Morgan fingerprint density at radius 1 is 1.11 bits per heavy atom. The first kappa shape index (κ1) is 17.8. The number of thiazole rings is 1. The van der Waals surface area contributed by atoms with Crippen molar-refractivity contribution in [3.8, 4) is 10.6 Å². The Labute approximate surface area is 163 Å². The van der Waals surface area contributed by atoms with E-state index in [2.05, 4.69) is 15.3 Å². The SMILES string of the molecule is O=c1c([N+](=O)[O-])c(NCCc2csc(-c3ccccc3)n2)nc2ccccn12. The van der Waals surface area contributed by atoms with Gasteiger partial charge in [-0.1, -0.05) is 36.4 Å². The van der Waals surface area contributed by atoms with Crippen LogP contribution in [0.25, 0.3) is 16.2 Å². The van der Waals surface area contributed by atoms with Crippen molar-refractivity contribution in [3.05, 3.63) is 86.3 Å². The van der Waals surface area contributed by atoms with E-state index in [1.165, 1.54) is 6.20 Å². The summed E-state index contributed by atoms with van der Waals surface area (Å²) in [4.78, 5) is 31.9. The highest BCUT2D eigenvalue weighted by Gasteiger charge is 2.23. The maximum Gasteiger partial charge on any atom is 0.376 e. The number of nitrogens with zero attached hydrogens (tertiary/aromatic N) is 4. The summed E-state index contributed by atoms with van der Waals surface area (Å²) in [7, 11) is 0. The van der Waals surface area contributed by atoms with Gasteiger partial charge in [-0.05, 0) is 12.1 Å². The van der Waals surface area contributed by atoms with E-state index in [9.17, 15) is 14.9 Å². The van der Waals surface area contributed by atoms with E-state index in [0.29, 0.717) is 18.6 Å². The Morgan fingerprint density at radius 2 is 1.89 bits per heavy atom. The molecule has 4 rings (SSSR count). The van der Waals surface area contributed by atoms with Crippen LogP contribution in [-0.4, -0.2) is 25.8 Å². The number of benzene rings is 1. The van der Waals surface area contributed by atoms with Crippen LogP contribution < -0.4 is 10.9 Å². The van der Waals surface area contributed by atoms with Gasteiger partial charge in [-0.3, -0.25) is 19.3 Å². The van der Waals surface area contributed by atoms with Gasteiger partial charge in [0, 0.05) is 30.1 Å². The van der Waals surface area contributed by atoms with Gasteiger partial charge < -0.3 is 5.32 Å². The molecule has 0 atom stereocenters. The lowest BCUT2D eigenvalue weighted by Gasteiger charge is -2.07. The second-order valence-corrected chi connectivity index (χ2v) is 6.85. The van der Waals surface area contributed by atoms with Crippen molar-refractivity contribution in [1.29, 1.82) is 0 Å². The predicted octanol–water partition coefficient (Wildman–Crippen LogP) is 3.38. The molecule has 0 bridgehead atoms. The highest BCUT2D eigenvalue weighted by atomic mass is 32.1. The molecule has 0 saturated carbocycles. The zero-order chi connectivity index (χ0) is 19.5. The Morgan fingerprint density at radius 3 is 2.68 bits per heavy atom. The summed E-state index contributed by atoms with van der Waals surface area (Å²) in [5, 5.41) is 17.2. The number of nitro groups is 1. The zero-order valence-corrected chi connectivity index (χ0v) is 15.4. The number of fused-ring (bicyclic) bond motifs is 1. The third kappa shape index (κ3) is 3.47. The van der Waals surface area contributed by atoms with E-state index in [0.717, 1.165) is 20.7 Å². The molecule has 1 aromatic carbocycles. The van der Waals surface area contributed by atoms with Gasteiger partial charge in [-0.2, -0.15) is 0 Å². The quantitative estimate of drug-likeness (QED) is 0.398. The van der Waals surface area contributed by atoms with Crippen LogP contribution in [0.2, 0.25) is 0 Å². The Bertz CT molecular complexity index is 1200. The number of aromatic nitrogens is 3. The van der Waals surface area contributed by atoms with Crippen LogP contribution in [-0.2, 0) is 6.42 Å². The highest BCUT2D eigenvalue weighted by molar-refractivity contribution is 7.13. The normalized spacial score (nSPS) is 10.9. The van der Waals surface area contributed by atoms with Crippen LogP contribution in [0.3, 0.4) is 0 Å². The molecule has 3 heterocycles. The molecule has 0 aliphatic rings. The molecule has 0 amide bonds. The molecule has 8 nitrogen and oxygen atoms in total. The maximum absolute atomic E-state index is 12.4. The van der Waals surface area contributed by atoms with Crippen molar-refractivity contribution < 1.29 is 4.92 Å². The lowest BCUT2D eigenvalue weighted by Crippen LogP contribution is -2.21. The molecule has 140 valence electrons. The monoisotopic (exact) mass is 393 g/mol. The van der Waals surface area contributed by atoms with Gasteiger partial charge in [0.05, 0.1) is 10.6 Å². The summed E-state index contributed by atoms with van der Waals surface area (Å²) in [6, 6.07) is 14.8. The van der Waals surface area contributed by atoms with Crippen molar-refractivity contribution in [1.82, 2.24) is 14.4 Å². The third-order valence-corrected chi connectivity index (χ3v) is 5.08. The van der Waals surface area contributed by atoms with Crippen molar-refractivity contribution in [2.75, 3.05) is 11.9 Å². The van der Waals surface area contributed by atoms with Crippen molar-refractivity contribution in [2.24, 2.45) is 0 Å². The van der Waals surface area contributed by atoms with Crippen LogP contribution in [0.15, 0.2) is 64.9 Å². The summed E-state index contributed by atoms with van der Waals surface area (Å²) in [6.07, 6.45) is 2.01. The minimum absolute atomic E-state index is 0.0280. The fraction of sp³-hybridized carbons (Fsp3) is 0.105. The molecule has 1 N–H and O–H groups in total. The average molecular weight is 393 g/mol. The van der Waals surface area contributed by atoms with Crippen molar-refractivity contribution in [3.63, 3.8) is 0 Å². The molecular weight excluding hydrogens is 378 g/mol. The lowest BCUT2D eigenvalue weighted by atomic mass is 10.2. The minimum Gasteiger partial charge on any atom is -0.364 e. The van der Waals surface area contributed by atoms with Crippen molar-refractivity contribution >= 4 is 28.5 Å². The van der Waals surface area contributed by atoms with Gasteiger partial charge in [0.15, 0.2) is 0 Å². The summed E-state index contributed by atoms with van der Waals surface area (Å²) < 4.78 is 1.16. The van der Waals surface area contributed by atoms with Gasteiger partial charge in [-0.15, -0.1) is 11.3 Å². The molecule has 0 saturated heterocycles. The van der Waals surface area contributed by atoms with Gasteiger partial charge in [0.1, 0.15) is 10.7 Å². The van der Waals surface area contributed by atoms with E-state index < -0.39 is 16.2 Å². The second kappa shape index (κ2) is 7.57. The fourth-order valence-corrected chi connectivity index (χ4v) is 3.67. The average Bonchev–Trinajstić information content (AvgIpc) is 3.17. The number of hydrogen-bond donors (Lipinski definition) is 1. The number of nitrogens with one attached hydrogen (secondary N) is 1. The summed E-state index contributed by atoms with van der Waals surface area (Å²) in [5.41, 5.74) is 0.994. The van der Waals surface area contributed by atoms with Crippen LogP contribution in [0.1, 0.15) is 5.69 Å². The maximum atomic E-state index is 12.4. The van der Waals surface area contributed by atoms with E-state index in [4.69, 9.17) is 0 Å². The molecule has 0 spiro atoms. The molecule has 0 unspecified atom stereocenters. The number of anilines is 1. The standard InChI is InChI=1S/C19H15N5O3S/c25-19-16(24(26)27)17(22-15-8-4-5-11-23(15)19)20-10-9-14-12-28-18(21-14)13-6-2-1-3-7-13/h1-8,11-12,20H,9-10H2. The van der Waals surface area contributed by atoms with Crippen molar-refractivity contribution in [2.45, 2.75) is 6.42 Å². The second-order valence-electron chi connectivity index (χ2n) is 5.99. The predicted molar refractivity (Wildman–Crippen MR) is 108 cm³/mol. The molecule has 4 aromatic rings. The third-order valence-electron chi connectivity index (χ3n) is 4.14. The molecule has 0 radical (unpaired) electrons. The molecule has 28 heavy (non-hydrogen) atoms. The van der Waals surface area contributed by atoms with Crippen LogP contribution >= 0.6 is 11.3 Å². The molecular formula is C19H15N5O3S. The smallest absolute Gasteiger partial charge is 0.364 e. The summed E-state index contributed by atoms with van der Waals surface area (Å²) in [6.45, 7) is 0.369. The van der Waals surface area contributed by atoms with Gasteiger partial charge in [-0.25, -0.2) is 9.97 Å². The molecule has 3 aromatic heterocycles. The van der Waals surface area contributed by atoms with Crippen LogP contribution in [0, 0.1) is 10.1 Å². The number of pyridine rings is 1. The zero-order valence-electron chi connectivity index (χ0n) is 14.6. The van der Waals surface area contributed by atoms with E-state index in [-0.39, 0.29) is 5.82 Å². The van der Waals surface area contributed by atoms with Crippen LogP contribution in [0.5, 0.6) is 0 Å².